The summed E-state index contributed by atoms with van der Waals surface area (Å²) in [7, 11) is 3.62. The van der Waals surface area contributed by atoms with Gasteiger partial charge >= 0.3 is 0 Å². The second kappa shape index (κ2) is 14.3. The fourth-order valence-corrected chi connectivity index (χ4v) is 3.44. The Bertz CT molecular complexity index is 431. The molecule has 0 heterocycles. The van der Waals surface area contributed by atoms with Crippen LogP contribution in [0, 0.1) is 0 Å². The first-order valence-electron chi connectivity index (χ1n) is 10.3. The number of ether oxygens (including phenoxy) is 2. The summed E-state index contributed by atoms with van der Waals surface area (Å²) in [5.74, 6) is 0. The largest absolute Gasteiger partial charge is 0.380 e. The van der Waals surface area contributed by atoms with Gasteiger partial charge in [0.05, 0.1) is 12.7 Å². The van der Waals surface area contributed by atoms with Crippen molar-refractivity contribution in [2.45, 2.75) is 90.6 Å². The molecule has 1 unspecified atom stereocenters. The lowest BCUT2D eigenvalue weighted by molar-refractivity contribution is 0.141. The highest BCUT2D eigenvalue weighted by Gasteiger charge is 2.15. The van der Waals surface area contributed by atoms with E-state index in [-0.39, 0.29) is 6.10 Å². The van der Waals surface area contributed by atoms with Gasteiger partial charge < -0.3 is 9.47 Å². The van der Waals surface area contributed by atoms with Gasteiger partial charge in [-0.25, -0.2) is 0 Å². The minimum absolute atomic E-state index is 0.267. The van der Waals surface area contributed by atoms with Crippen molar-refractivity contribution in [3.8, 4) is 0 Å². The predicted octanol–water partition coefficient (Wildman–Crippen LogP) is 6.77. The standard InChI is InChI=1S/C23H40O2/c1-5-7-9-10-11-13-22-18-23(25-4)17-16-21(22)15-14-20(19-24-3)12-8-6-2/h12,16,18,23H,5-11,13-15,17,19H2,1-4H3/b20-12-. The van der Waals surface area contributed by atoms with Crippen molar-refractivity contribution >= 4 is 0 Å². The van der Waals surface area contributed by atoms with E-state index in [1.54, 1.807) is 12.7 Å². The molecule has 0 aromatic heterocycles. The Morgan fingerprint density at radius 2 is 1.84 bits per heavy atom. The lowest BCUT2D eigenvalue weighted by atomic mass is 9.88. The van der Waals surface area contributed by atoms with E-state index in [1.165, 1.54) is 56.1 Å². The fraction of sp³-hybridized carbons (Fsp3) is 0.739. The number of unbranched alkanes of at least 4 members (excludes halogenated alkanes) is 5. The Hall–Kier alpha value is -0.860. The molecule has 0 amide bonds. The van der Waals surface area contributed by atoms with E-state index in [9.17, 15) is 0 Å². The van der Waals surface area contributed by atoms with Crippen LogP contribution in [0.1, 0.15) is 84.5 Å². The maximum absolute atomic E-state index is 5.58. The average molecular weight is 349 g/mol. The molecule has 2 heteroatoms. The molecular weight excluding hydrogens is 308 g/mol. The highest BCUT2D eigenvalue weighted by Crippen LogP contribution is 2.29. The zero-order valence-electron chi connectivity index (χ0n) is 17.1. The van der Waals surface area contributed by atoms with Crippen LogP contribution in [0.2, 0.25) is 0 Å². The topological polar surface area (TPSA) is 18.5 Å². The Labute approximate surface area is 156 Å². The molecule has 0 saturated carbocycles. The highest BCUT2D eigenvalue weighted by atomic mass is 16.5. The zero-order valence-corrected chi connectivity index (χ0v) is 17.1. The number of methoxy groups -OCH3 is 2. The molecule has 0 aromatic carbocycles. The predicted molar refractivity (Wildman–Crippen MR) is 109 cm³/mol. The minimum atomic E-state index is 0.267. The summed E-state index contributed by atoms with van der Waals surface area (Å²) in [5, 5.41) is 0. The Balaban J connectivity index is 2.58. The van der Waals surface area contributed by atoms with Crippen LogP contribution in [0.4, 0.5) is 0 Å². The van der Waals surface area contributed by atoms with Gasteiger partial charge in [0.2, 0.25) is 0 Å². The van der Waals surface area contributed by atoms with Gasteiger partial charge in [0.25, 0.3) is 0 Å². The molecule has 0 spiro atoms. The molecule has 0 fully saturated rings. The average Bonchev–Trinajstić information content (AvgIpc) is 2.64. The second-order valence-corrected chi connectivity index (χ2v) is 7.18. The van der Waals surface area contributed by atoms with Gasteiger partial charge in [-0.3, -0.25) is 0 Å². The SMILES string of the molecule is CCC/C=C(/CCC1=CCC(OC)C=C1CCCCCCC)COC. The van der Waals surface area contributed by atoms with Crippen molar-refractivity contribution in [1.29, 1.82) is 0 Å². The van der Waals surface area contributed by atoms with E-state index < -0.39 is 0 Å². The lowest BCUT2D eigenvalue weighted by Gasteiger charge is -2.22. The van der Waals surface area contributed by atoms with Crippen LogP contribution in [0.25, 0.3) is 0 Å². The van der Waals surface area contributed by atoms with Crippen molar-refractivity contribution in [2.75, 3.05) is 20.8 Å². The van der Waals surface area contributed by atoms with Gasteiger partial charge in [-0.1, -0.05) is 64.2 Å². The van der Waals surface area contributed by atoms with Gasteiger partial charge in [0.15, 0.2) is 0 Å². The minimum Gasteiger partial charge on any atom is -0.380 e. The van der Waals surface area contributed by atoms with E-state index in [2.05, 4.69) is 32.1 Å². The van der Waals surface area contributed by atoms with Crippen LogP contribution in [0.3, 0.4) is 0 Å². The number of rotatable bonds is 14. The van der Waals surface area contributed by atoms with E-state index in [0.29, 0.717) is 0 Å². The highest BCUT2D eigenvalue weighted by molar-refractivity contribution is 5.36. The van der Waals surface area contributed by atoms with Crippen molar-refractivity contribution in [3.63, 3.8) is 0 Å². The van der Waals surface area contributed by atoms with E-state index in [4.69, 9.17) is 9.47 Å². The Morgan fingerprint density at radius 3 is 2.52 bits per heavy atom. The molecular formula is C23H40O2. The fourth-order valence-electron chi connectivity index (χ4n) is 3.44. The van der Waals surface area contributed by atoms with Crippen molar-refractivity contribution in [2.24, 2.45) is 0 Å². The molecule has 0 saturated heterocycles. The van der Waals surface area contributed by atoms with Crippen LogP contribution in [0.5, 0.6) is 0 Å². The maximum atomic E-state index is 5.58. The van der Waals surface area contributed by atoms with Crippen LogP contribution < -0.4 is 0 Å². The summed E-state index contributed by atoms with van der Waals surface area (Å²) < 4.78 is 11.0. The summed E-state index contributed by atoms with van der Waals surface area (Å²) in [6, 6.07) is 0. The molecule has 0 aliphatic heterocycles. The molecule has 1 atom stereocenters. The summed E-state index contributed by atoms with van der Waals surface area (Å²) in [6.45, 7) is 5.27. The van der Waals surface area contributed by atoms with Gasteiger partial charge in [0, 0.05) is 14.2 Å². The second-order valence-electron chi connectivity index (χ2n) is 7.18. The lowest BCUT2D eigenvalue weighted by Crippen LogP contribution is -2.12. The summed E-state index contributed by atoms with van der Waals surface area (Å²) in [6.07, 6.45) is 21.0. The molecule has 0 radical (unpaired) electrons. The van der Waals surface area contributed by atoms with Gasteiger partial charge in [-0.2, -0.15) is 0 Å². The summed E-state index contributed by atoms with van der Waals surface area (Å²) >= 11 is 0. The quantitative estimate of drug-likeness (QED) is 0.255. The summed E-state index contributed by atoms with van der Waals surface area (Å²) in [4.78, 5) is 0. The number of hydrogen-bond acceptors (Lipinski definition) is 2. The van der Waals surface area contributed by atoms with E-state index >= 15 is 0 Å². The third kappa shape index (κ3) is 9.42. The van der Waals surface area contributed by atoms with E-state index in [1.807, 2.05) is 7.11 Å². The van der Waals surface area contributed by atoms with Gasteiger partial charge in [-0.05, 0) is 55.2 Å². The molecule has 1 aliphatic rings. The monoisotopic (exact) mass is 348 g/mol. The van der Waals surface area contributed by atoms with Gasteiger partial charge in [-0.15, -0.1) is 0 Å². The molecule has 0 bridgehead atoms. The van der Waals surface area contributed by atoms with Gasteiger partial charge in [0.1, 0.15) is 0 Å². The normalized spacial score (nSPS) is 18.2. The summed E-state index contributed by atoms with van der Waals surface area (Å²) in [5.41, 5.74) is 4.52. The first-order chi connectivity index (χ1) is 12.2. The van der Waals surface area contributed by atoms with Crippen LogP contribution in [0.15, 0.2) is 34.9 Å². The van der Waals surface area contributed by atoms with Crippen LogP contribution >= 0.6 is 0 Å². The first kappa shape index (κ1) is 22.2. The smallest absolute Gasteiger partial charge is 0.0792 e. The van der Waals surface area contributed by atoms with Crippen molar-refractivity contribution in [3.05, 3.63) is 34.9 Å². The van der Waals surface area contributed by atoms with Crippen molar-refractivity contribution < 1.29 is 9.47 Å². The molecule has 1 aliphatic carbocycles. The molecule has 0 aromatic rings. The number of hydrogen-bond donors (Lipinski definition) is 0. The maximum Gasteiger partial charge on any atom is 0.0792 e. The third-order valence-corrected chi connectivity index (χ3v) is 5.02. The molecule has 2 nitrogen and oxygen atoms in total. The Kier molecular flexibility index (Phi) is 12.7. The van der Waals surface area contributed by atoms with Crippen LogP contribution in [-0.2, 0) is 9.47 Å². The molecule has 1 rings (SSSR count). The molecule has 25 heavy (non-hydrogen) atoms. The molecule has 144 valence electrons. The van der Waals surface area contributed by atoms with Crippen LogP contribution in [-0.4, -0.2) is 26.9 Å². The van der Waals surface area contributed by atoms with E-state index in [0.717, 1.165) is 32.3 Å². The first-order valence-corrected chi connectivity index (χ1v) is 10.3. The van der Waals surface area contributed by atoms with Crippen molar-refractivity contribution in [1.82, 2.24) is 0 Å². The Morgan fingerprint density at radius 1 is 1.04 bits per heavy atom. The number of allylic oxidation sites excluding steroid dienone is 3. The molecule has 0 N–H and O–H groups in total. The zero-order chi connectivity index (χ0) is 18.3. The third-order valence-electron chi connectivity index (χ3n) is 5.02.